The number of hydrogen-bond acceptors (Lipinski definition) is 5. The summed E-state index contributed by atoms with van der Waals surface area (Å²) in [5, 5.41) is 0. The zero-order valence-corrected chi connectivity index (χ0v) is 18.6. The van der Waals surface area contributed by atoms with Crippen molar-refractivity contribution in [3.8, 4) is 0 Å². The van der Waals surface area contributed by atoms with Gasteiger partial charge in [-0.3, -0.25) is 9.59 Å². The molecular formula is C21H35N5O2. The van der Waals surface area contributed by atoms with E-state index in [0.717, 1.165) is 11.5 Å². The fourth-order valence-electron chi connectivity index (χ4n) is 3.33. The van der Waals surface area contributed by atoms with Crippen molar-refractivity contribution in [3.05, 3.63) is 17.6 Å². The number of carbonyl (C=O) groups excluding carboxylic acids is 2. The first-order chi connectivity index (χ1) is 12.9. The van der Waals surface area contributed by atoms with Gasteiger partial charge in [0, 0.05) is 58.6 Å². The van der Waals surface area contributed by atoms with Crippen molar-refractivity contribution >= 4 is 17.6 Å². The molecule has 1 aliphatic rings. The minimum atomic E-state index is -0.0621. The van der Waals surface area contributed by atoms with Crippen molar-refractivity contribution in [2.45, 2.75) is 66.0 Å². The second-order valence-electron chi connectivity index (χ2n) is 9.49. The number of hydrogen-bond donors (Lipinski definition) is 0. The summed E-state index contributed by atoms with van der Waals surface area (Å²) in [5.41, 5.74) is 0.815. The molecule has 1 aromatic rings. The highest BCUT2D eigenvalue weighted by Gasteiger charge is 2.33. The van der Waals surface area contributed by atoms with Gasteiger partial charge in [0.15, 0.2) is 0 Å². The van der Waals surface area contributed by atoms with Gasteiger partial charge in [-0.05, 0) is 19.3 Å². The minimum Gasteiger partial charge on any atom is -0.363 e. The molecule has 2 rings (SSSR count). The molecule has 2 amide bonds. The molecule has 7 heteroatoms. The highest BCUT2D eigenvalue weighted by molar-refractivity contribution is 5.80. The normalized spacial score (nSPS) is 17.4. The van der Waals surface area contributed by atoms with Crippen molar-refractivity contribution in [2.24, 2.45) is 5.41 Å². The van der Waals surface area contributed by atoms with Crippen molar-refractivity contribution < 1.29 is 9.59 Å². The van der Waals surface area contributed by atoms with Crippen LogP contribution >= 0.6 is 0 Å². The molecule has 0 bridgehead atoms. The third-order valence-electron chi connectivity index (χ3n) is 4.92. The quantitative estimate of drug-likeness (QED) is 0.748. The Bertz CT molecular complexity index is 724. The molecule has 0 spiro atoms. The zero-order valence-electron chi connectivity index (χ0n) is 18.6. The van der Waals surface area contributed by atoms with E-state index in [1.165, 1.54) is 0 Å². The van der Waals surface area contributed by atoms with E-state index in [1.54, 1.807) is 11.9 Å². The second-order valence-corrected chi connectivity index (χ2v) is 9.49. The Morgan fingerprint density at radius 2 is 1.89 bits per heavy atom. The van der Waals surface area contributed by atoms with Gasteiger partial charge in [0.05, 0.1) is 12.2 Å². The molecule has 0 aliphatic carbocycles. The van der Waals surface area contributed by atoms with Crippen LogP contribution in [-0.2, 0) is 16.1 Å². The Morgan fingerprint density at radius 1 is 1.25 bits per heavy atom. The third-order valence-corrected chi connectivity index (χ3v) is 4.92. The number of nitrogens with zero attached hydrogens (tertiary/aromatic N) is 5. The summed E-state index contributed by atoms with van der Waals surface area (Å²) in [7, 11) is 5.66. The molecule has 28 heavy (non-hydrogen) atoms. The fraction of sp³-hybridized carbons (Fsp3) is 0.714. The van der Waals surface area contributed by atoms with E-state index in [4.69, 9.17) is 4.98 Å². The molecule has 1 aliphatic heterocycles. The lowest BCUT2D eigenvalue weighted by molar-refractivity contribution is -0.132. The van der Waals surface area contributed by atoms with Crippen LogP contribution in [0, 0.1) is 5.41 Å². The van der Waals surface area contributed by atoms with Crippen LogP contribution < -0.4 is 4.90 Å². The van der Waals surface area contributed by atoms with E-state index in [-0.39, 0.29) is 29.2 Å². The molecule has 7 nitrogen and oxygen atoms in total. The number of likely N-dealkylation sites (tertiary alicyclic amines) is 1. The number of amides is 2. The van der Waals surface area contributed by atoms with Crippen molar-refractivity contribution in [2.75, 3.05) is 32.6 Å². The first-order valence-electron chi connectivity index (χ1n) is 9.96. The van der Waals surface area contributed by atoms with Gasteiger partial charge >= 0.3 is 0 Å². The Hall–Kier alpha value is -2.18. The average Bonchev–Trinajstić information content (AvgIpc) is 2.95. The molecular weight excluding hydrogens is 354 g/mol. The van der Waals surface area contributed by atoms with E-state index in [1.807, 2.05) is 43.8 Å². The summed E-state index contributed by atoms with van der Waals surface area (Å²) in [6.45, 7) is 11.3. The Labute approximate surface area is 169 Å². The van der Waals surface area contributed by atoms with Crippen molar-refractivity contribution in [1.29, 1.82) is 0 Å². The second kappa shape index (κ2) is 8.45. The van der Waals surface area contributed by atoms with Crippen LogP contribution in [0.5, 0.6) is 0 Å². The van der Waals surface area contributed by atoms with E-state index in [2.05, 4.69) is 25.8 Å². The summed E-state index contributed by atoms with van der Waals surface area (Å²) in [6.07, 6.45) is 0.949. The summed E-state index contributed by atoms with van der Waals surface area (Å²) in [6, 6.07) is 2.15. The third kappa shape index (κ3) is 5.66. The lowest BCUT2D eigenvalue weighted by atomic mass is 9.92. The molecule has 1 fully saturated rings. The van der Waals surface area contributed by atoms with Gasteiger partial charge in [0.25, 0.3) is 0 Å². The molecule has 1 atom stereocenters. The van der Waals surface area contributed by atoms with Gasteiger partial charge < -0.3 is 14.7 Å². The maximum Gasteiger partial charge on any atom is 0.223 e. The minimum absolute atomic E-state index is 0.0610. The SMILES string of the molecule is CC(C)N1CC(c2cc(N(C)C)nc(CN(C)C(=O)CC(C)(C)C)n2)CC1=O. The zero-order chi connectivity index (χ0) is 21.2. The van der Waals surface area contributed by atoms with Crippen molar-refractivity contribution in [1.82, 2.24) is 19.8 Å². The van der Waals surface area contributed by atoms with Crippen LogP contribution in [0.2, 0.25) is 0 Å². The van der Waals surface area contributed by atoms with E-state index in [9.17, 15) is 9.59 Å². The first kappa shape index (κ1) is 22.1. The number of carbonyl (C=O) groups is 2. The van der Waals surface area contributed by atoms with Crippen LogP contribution in [0.4, 0.5) is 5.82 Å². The van der Waals surface area contributed by atoms with E-state index >= 15 is 0 Å². The summed E-state index contributed by atoms with van der Waals surface area (Å²) in [4.78, 5) is 39.7. The lowest BCUT2D eigenvalue weighted by Gasteiger charge is -2.24. The molecule has 1 aromatic heterocycles. The molecule has 0 radical (unpaired) electrons. The molecule has 0 saturated carbocycles. The van der Waals surface area contributed by atoms with Gasteiger partial charge in [-0.1, -0.05) is 20.8 Å². The molecule has 0 N–H and O–H groups in total. The predicted molar refractivity (Wildman–Crippen MR) is 111 cm³/mol. The Kier molecular flexibility index (Phi) is 6.67. The fourth-order valence-corrected chi connectivity index (χ4v) is 3.33. The highest BCUT2D eigenvalue weighted by atomic mass is 16.2. The van der Waals surface area contributed by atoms with Crippen LogP contribution in [0.1, 0.15) is 64.9 Å². The summed E-state index contributed by atoms with van der Waals surface area (Å²) >= 11 is 0. The number of aromatic nitrogens is 2. The molecule has 2 heterocycles. The smallest absolute Gasteiger partial charge is 0.223 e. The van der Waals surface area contributed by atoms with Gasteiger partial charge in [-0.25, -0.2) is 9.97 Å². The number of anilines is 1. The van der Waals surface area contributed by atoms with E-state index in [0.29, 0.717) is 31.8 Å². The topological polar surface area (TPSA) is 69.6 Å². The predicted octanol–water partition coefficient (Wildman–Crippen LogP) is 2.66. The van der Waals surface area contributed by atoms with Crippen LogP contribution in [-0.4, -0.2) is 65.3 Å². The standard InChI is InChI=1S/C21H35N5O2/c1-14(2)26-12-15(9-19(26)27)16-10-18(24(6)7)23-17(22-16)13-25(8)20(28)11-21(3,4)5/h10,14-15H,9,11-13H2,1-8H3. The highest BCUT2D eigenvalue weighted by Crippen LogP contribution is 2.30. The molecule has 1 unspecified atom stereocenters. The lowest BCUT2D eigenvalue weighted by Crippen LogP contribution is -2.32. The molecule has 156 valence electrons. The number of rotatable bonds is 6. The monoisotopic (exact) mass is 389 g/mol. The van der Waals surface area contributed by atoms with Gasteiger partial charge in [-0.2, -0.15) is 0 Å². The van der Waals surface area contributed by atoms with Crippen molar-refractivity contribution in [3.63, 3.8) is 0 Å². The van der Waals surface area contributed by atoms with Crippen LogP contribution in [0.15, 0.2) is 6.07 Å². The largest absolute Gasteiger partial charge is 0.363 e. The maximum absolute atomic E-state index is 12.5. The average molecular weight is 390 g/mol. The van der Waals surface area contributed by atoms with Crippen LogP contribution in [0.25, 0.3) is 0 Å². The Morgan fingerprint density at radius 3 is 2.39 bits per heavy atom. The van der Waals surface area contributed by atoms with Crippen LogP contribution in [0.3, 0.4) is 0 Å². The first-order valence-corrected chi connectivity index (χ1v) is 9.96. The summed E-state index contributed by atoms with van der Waals surface area (Å²) < 4.78 is 0. The Balaban J connectivity index is 2.24. The maximum atomic E-state index is 12.5. The molecule has 0 aromatic carbocycles. The van der Waals surface area contributed by atoms with E-state index < -0.39 is 0 Å². The van der Waals surface area contributed by atoms with Gasteiger partial charge in [0.2, 0.25) is 11.8 Å². The van der Waals surface area contributed by atoms with Gasteiger partial charge in [-0.15, -0.1) is 0 Å². The summed E-state index contributed by atoms with van der Waals surface area (Å²) in [5.74, 6) is 1.72. The molecule has 1 saturated heterocycles. The van der Waals surface area contributed by atoms with Gasteiger partial charge in [0.1, 0.15) is 11.6 Å².